The van der Waals surface area contributed by atoms with E-state index in [-0.39, 0.29) is 11.5 Å². The maximum absolute atomic E-state index is 11.1. The number of carboxylic acid groups (broad SMARTS) is 1. The van der Waals surface area contributed by atoms with Gasteiger partial charge in [0.25, 0.3) is 0 Å². The summed E-state index contributed by atoms with van der Waals surface area (Å²) in [6.45, 7) is 4.67. The van der Waals surface area contributed by atoms with E-state index >= 15 is 0 Å². The Balaban J connectivity index is 1.86. The fraction of sp³-hybridized carbons (Fsp3) is 0.545. The third kappa shape index (κ3) is 11.8. The molecule has 0 radical (unpaired) electrons. The van der Waals surface area contributed by atoms with Gasteiger partial charge in [0, 0.05) is 0 Å². The first-order valence-electron chi connectivity index (χ1n) is 9.84. The van der Waals surface area contributed by atoms with Crippen molar-refractivity contribution in [1.82, 2.24) is 0 Å². The van der Waals surface area contributed by atoms with Gasteiger partial charge in [-0.1, -0.05) is 51.0 Å². The van der Waals surface area contributed by atoms with Gasteiger partial charge in [0.2, 0.25) is 0 Å². The highest BCUT2D eigenvalue weighted by Gasteiger charge is 1.99. The second-order valence-electron chi connectivity index (χ2n) is 6.56. The molecule has 1 rings (SSSR count). The van der Waals surface area contributed by atoms with Crippen molar-refractivity contribution in [2.24, 2.45) is 0 Å². The summed E-state index contributed by atoms with van der Waals surface area (Å²) in [5.74, 6) is -0.674. The molecule has 0 aliphatic carbocycles. The van der Waals surface area contributed by atoms with Crippen molar-refractivity contribution in [2.45, 2.75) is 64.2 Å². The largest absolute Gasteiger partial charge is 0.545 e. The number of unbranched alkanes of at least 4 members (excludes halogenated alkanes) is 8. The van der Waals surface area contributed by atoms with Crippen LogP contribution in [0.25, 0.3) is 0 Å². The second-order valence-corrected chi connectivity index (χ2v) is 6.56. The second kappa shape index (κ2) is 14.8. The SMILES string of the molecule is C=CCC(=O)OCCCCCCCCCCCOc1ccc(C(=O)[O-])cc1. The number of rotatable bonds is 16. The van der Waals surface area contributed by atoms with E-state index in [1.54, 1.807) is 18.2 Å². The van der Waals surface area contributed by atoms with Gasteiger partial charge >= 0.3 is 5.97 Å². The third-order valence-corrected chi connectivity index (χ3v) is 4.22. The first-order valence-corrected chi connectivity index (χ1v) is 9.84. The van der Waals surface area contributed by atoms with E-state index in [0.29, 0.717) is 25.4 Å². The number of esters is 1. The first kappa shape index (κ1) is 22.7. The lowest BCUT2D eigenvalue weighted by atomic mass is 10.1. The Morgan fingerprint density at radius 3 is 1.89 bits per heavy atom. The topological polar surface area (TPSA) is 75.7 Å². The van der Waals surface area contributed by atoms with Crippen LogP contribution in [-0.4, -0.2) is 25.2 Å². The van der Waals surface area contributed by atoms with Gasteiger partial charge in [0.05, 0.1) is 25.6 Å². The van der Waals surface area contributed by atoms with Crippen LogP contribution < -0.4 is 9.84 Å². The highest BCUT2D eigenvalue weighted by Crippen LogP contribution is 2.13. The maximum atomic E-state index is 11.1. The van der Waals surface area contributed by atoms with Crippen LogP contribution in [0.5, 0.6) is 5.75 Å². The van der Waals surface area contributed by atoms with Crippen LogP contribution in [0.2, 0.25) is 0 Å². The predicted molar refractivity (Wildman–Crippen MR) is 104 cm³/mol. The lowest BCUT2D eigenvalue weighted by molar-refractivity contribution is -0.255. The van der Waals surface area contributed by atoms with Crippen LogP contribution in [0.3, 0.4) is 0 Å². The van der Waals surface area contributed by atoms with Crippen molar-refractivity contribution >= 4 is 11.9 Å². The molecule has 27 heavy (non-hydrogen) atoms. The molecule has 150 valence electrons. The van der Waals surface area contributed by atoms with E-state index in [9.17, 15) is 14.7 Å². The first-order chi connectivity index (χ1) is 13.1. The van der Waals surface area contributed by atoms with Crippen molar-refractivity contribution in [3.05, 3.63) is 42.5 Å². The van der Waals surface area contributed by atoms with Crippen molar-refractivity contribution in [3.8, 4) is 5.75 Å². The number of aromatic carboxylic acids is 1. The lowest BCUT2D eigenvalue weighted by Gasteiger charge is -2.08. The number of hydrogen-bond donors (Lipinski definition) is 0. The van der Waals surface area contributed by atoms with Gasteiger partial charge < -0.3 is 19.4 Å². The molecule has 5 heteroatoms. The molecule has 0 saturated heterocycles. The quantitative estimate of drug-likeness (QED) is 0.247. The van der Waals surface area contributed by atoms with E-state index in [1.165, 1.54) is 44.2 Å². The molecule has 0 amide bonds. The van der Waals surface area contributed by atoms with Gasteiger partial charge in [-0.3, -0.25) is 4.79 Å². The third-order valence-electron chi connectivity index (χ3n) is 4.22. The smallest absolute Gasteiger partial charge is 0.309 e. The van der Waals surface area contributed by atoms with Gasteiger partial charge in [-0.25, -0.2) is 0 Å². The summed E-state index contributed by atoms with van der Waals surface area (Å²) in [4.78, 5) is 21.8. The zero-order chi connectivity index (χ0) is 19.7. The number of benzene rings is 1. The van der Waals surface area contributed by atoms with Crippen molar-refractivity contribution in [1.29, 1.82) is 0 Å². The lowest BCUT2D eigenvalue weighted by Crippen LogP contribution is -2.21. The fourth-order valence-corrected chi connectivity index (χ4v) is 2.68. The molecule has 0 aromatic heterocycles. The molecule has 0 aliphatic heterocycles. The highest BCUT2D eigenvalue weighted by atomic mass is 16.5. The normalized spacial score (nSPS) is 10.4. The summed E-state index contributed by atoms with van der Waals surface area (Å²) in [7, 11) is 0. The Kier molecular flexibility index (Phi) is 12.5. The van der Waals surface area contributed by atoms with Gasteiger partial charge in [-0.15, -0.1) is 6.58 Å². The van der Waals surface area contributed by atoms with Crippen molar-refractivity contribution in [3.63, 3.8) is 0 Å². The number of carbonyl (C=O) groups excluding carboxylic acids is 2. The minimum absolute atomic E-state index is 0.163. The molecule has 1 aromatic carbocycles. The minimum Gasteiger partial charge on any atom is -0.545 e. The molecule has 5 nitrogen and oxygen atoms in total. The summed E-state index contributed by atoms with van der Waals surface area (Å²) >= 11 is 0. The Hall–Kier alpha value is -2.30. The molecule has 0 fully saturated rings. The van der Waals surface area contributed by atoms with E-state index in [0.717, 1.165) is 25.7 Å². The molecule has 0 spiro atoms. The van der Waals surface area contributed by atoms with Crippen LogP contribution in [0.4, 0.5) is 0 Å². The average molecular weight is 375 g/mol. The molecule has 0 atom stereocenters. The number of carboxylic acids is 1. The number of carbonyl (C=O) groups is 2. The molecular formula is C22H31O5-. The van der Waals surface area contributed by atoms with Gasteiger partial charge in [0.1, 0.15) is 5.75 Å². The number of hydrogen-bond acceptors (Lipinski definition) is 5. The van der Waals surface area contributed by atoms with Crippen LogP contribution in [0.15, 0.2) is 36.9 Å². The molecule has 0 bridgehead atoms. The van der Waals surface area contributed by atoms with Crippen LogP contribution in [-0.2, 0) is 9.53 Å². The average Bonchev–Trinajstić information content (AvgIpc) is 2.66. The summed E-state index contributed by atoms with van der Waals surface area (Å²) in [5, 5.41) is 10.7. The summed E-state index contributed by atoms with van der Waals surface area (Å²) in [6, 6.07) is 6.31. The predicted octanol–water partition coefficient (Wildman–Crippen LogP) is 4.06. The summed E-state index contributed by atoms with van der Waals surface area (Å²) in [5.41, 5.74) is 0.163. The van der Waals surface area contributed by atoms with E-state index < -0.39 is 5.97 Å². The monoisotopic (exact) mass is 375 g/mol. The van der Waals surface area contributed by atoms with Gasteiger partial charge in [0.15, 0.2) is 0 Å². The molecule has 1 aromatic rings. The molecule has 0 saturated carbocycles. The Morgan fingerprint density at radius 1 is 0.852 bits per heavy atom. The molecule has 0 unspecified atom stereocenters. The fourth-order valence-electron chi connectivity index (χ4n) is 2.68. The molecule has 0 heterocycles. The van der Waals surface area contributed by atoms with Crippen LogP contribution in [0.1, 0.15) is 74.6 Å². The Bertz CT molecular complexity index is 550. The van der Waals surface area contributed by atoms with Crippen LogP contribution in [0, 0.1) is 0 Å². The molecular weight excluding hydrogens is 344 g/mol. The minimum atomic E-state index is -1.17. The van der Waals surface area contributed by atoms with Gasteiger partial charge in [-0.05, 0) is 42.7 Å². The highest BCUT2D eigenvalue weighted by molar-refractivity contribution is 5.85. The number of ether oxygens (including phenoxy) is 2. The zero-order valence-electron chi connectivity index (χ0n) is 16.1. The Labute approximate surface area is 162 Å². The summed E-state index contributed by atoms with van der Waals surface area (Å²) in [6.07, 6.45) is 12.1. The van der Waals surface area contributed by atoms with Crippen LogP contribution >= 0.6 is 0 Å². The van der Waals surface area contributed by atoms with Crippen molar-refractivity contribution in [2.75, 3.05) is 13.2 Å². The molecule has 0 aliphatic rings. The maximum Gasteiger partial charge on any atom is 0.309 e. The van der Waals surface area contributed by atoms with E-state index in [4.69, 9.17) is 9.47 Å². The Morgan fingerprint density at radius 2 is 1.37 bits per heavy atom. The molecule has 0 N–H and O–H groups in total. The zero-order valence-corrected chi connectivity index (χ0v) is 16.1. The summed E-state index contributed by atoms with van der Waals surface area (Å²) < 4.78 is 10.7. The van der Waals surface area contributed by atoms with Crippen molar-refractivity contribution < 1.29 is 24.2 Å². The standard InChI is InChI=1S/C22H32O5/c1-2-12-21(23)27-18-11-9-7-5-3-4-6-8-10-17-26-20-15-13-19(14-16-20)22(24)25/h2,13-16H,1,3-12,17-18H2,(H,24,25)/p-1. The van der Waals surface area contributed by atoms with E-state index in [2.05, 4.69) is 6.58 Å². The van der Waals surface area contributed by atoms with E-state index in [1.807, 2.05) is 0 Å². The van der Waals surface area contributed by atoms with Gasteiger partial charge in [-0.2, -0.15) is 0 Å².